The SMILES string of the molecule is CC1=Cc2c3ccccc3cc[n+]2C1=C1C(=O)C(c2c(C)cc3c4ccccc4ccn23)=C1O. The van der Waals surface area contributed by atoms with Crippen LogP contribution in [0.2, 0.25) is 0 Å². The maximum Gasteiger partial charge on any atom is 0.229 e. The Morgan fingerprint density at radius 3 is 2.32 bits per heavy atom. The number of ketones is 1. The summed E-state index contributed by atoms with van der Waals surface area (Å²) in [7, 11) is 0. The van der Waals surface area contributed by atoms with Gasteiger partial charge in [-0.1, -0.05) is 42.5 Å². The highest BCUT2D eigenvalue weighted by Gasteiger charge is 2.45. The number of aromatic nitrogens is 2. The van der Waals surface area contributed by atoms with E-state index < -0.39 is 0 Å². The highest BCUT2D eigenvalue weighted by atomic mass is 16.3. The Morgan fingerprint density at radius 1 is 0.853 bits per heavy atom. The third-order valence-electron chi connectivity index (χ3n) is 7.14. The Balaban J connectivity index is 1.46. The minimum absolute atomic E-state index is 0.0671. The van der Waals surface area contributed by atoms with E-state index in [2.05, 4.69) is 36.4 Å². The lowest BCUT2D eigenvalue weighted by atomic mass is 9.82. The summed E-state index contributed by atoms with van der Waals surface area (Å²) in [6, 6.07) is 22.6. The van der Waals surface area contributed by atoms with E-state index >= 15 is 0 Å². The Kier molecular flexibility index (Phi) is 3.67. The number of hydrogen-bond donors (Lipinski definition) is 1. The second-order valence-electron chi connectivity index (χ2n) is 9.10. The number of aryl methyl sites for hydroxylation is 1. The van der Waals surface area contributed by atoms with Crippen molar-refractivity contribution in [2.24, 2.45) is 0 Å². The zero-order valence-electron chi connectivity index (χ0n) is 18.8. The molecule has 0 bridgehead atoms. The molecule has 0 radical (unpaired) electrons. The fourth-order valence-corrected chi connectivity index (χ4v) is 5.57. The Hall–Kier alpha value is -4.44. The number of aliphatic hydroxyl groups is 1. The second-order valence-corrected chi connectivity index (χ2v) is 9.10. The third kappa shape index (κ3) is 2.32. The molecule has 1 aliphatic carbocycles. The van der Waals surface area contributed by atoms with Crippen molar-refractivity contribution in [3.63, 3.8) is 0 Å². The van der Waals surface area contributed by atoms with Gasteiger partial charge in [-0.3, -0.25) is 4.79 Å². The standard InChI is InChI=1S/C30H20N2O2/c1-17-15-23-21-9-5-3-7-19(21)11-13-31(23)27(17)25-29(33)26(30(25)34)28-18(2)16-24-22-10-6-4-8-20(22)12-14-32(24)28/h3-16H,1-2H3/p+1. The minimum atomic E-state index is -0.120. The van der Waals surface area contributed by atoms with Crippen LogP contribution in [0.4, 0.5) is 0 Å². The lowest BCUT2D eigenvalue weighted by Crippen LogP contribution is -2.37. The van der Waals surface area contributed by atoms with Crippen LogP contribution in [0.3, 0.4) is 0 Å². The van der Waals surface area contributed by atoms with Gasteiger partial charge in [0.15, 0.2) is 6.20 Å². The summed E-state index contributed by atoms with van der Waals surface area (Å²) in [6.45, 7) is 3.99. The first kappa shape index (κ1) is 19.1. The van der Waals surface area contributed by atoms with Crippen LogP contribution < -0.4 is 4.57 Å². The number of nitrogens with zero attached hydrogens (tertiary/aromatic N) is 2. The molecule has 4 heteroatoms. The van der Waals surface area contributed by atoms with Crippen LogP contribution in [0.1, 0.15) is 23.9 Å². The summed E-state index contributed by atoms with van der Waals surface area (Å²) >= 11 is 0. The summed E-state index contributed by atoms with van der Waals surface area (Å²) in [5.74, 6) is -0.0532. The monoisotopic (exact) mass is 441 g/mol. The number of allylic oxidation sites excluding steroid dienone is 4. The highest BCUT2D eigenvalue weighted by molar-refractivity contribution is 6.41. The van der Waals surface area contributed by atoms with Gasteiger partial charge in [-0.25, -0.2) is 0 Å². The van der Waals surface area contributed by atoms with Crippen LogP contribution >= 0.6 is 0 Å². The Bertz CT molecular complexity index is 1850. The van der Waals surface area contributed by atoms with Gasteiger partial charge in [0.2, 0.25) is 17.2 Å². The van der Waals surface area contributed by atoms with Gasteiger partial charge in [0, 0.05) is 29.3 Å². The number of carbonyl (C=O) groups is 1. The van der Waals surface area contributed by atoms with Gasteiger partial charge in [-0.05, 0) is 48.4 Å². The second kappa shape index (κ2) is 6.55. The van der Waals surface area contributed by atoms with Gasteiger partial charge in [0.05, 0.1) is 22.2 Å². The van der Waals surface area contributed by atoms with Crippen LogP contribution in [0, 0.1) is 6.92 Å². The lowest BCUT2D eigenvalue weighted by molar-refractivity contribution is -0.576. The molecule has 0 spiro atoms. The number of carbonyl (C=O) groups excluding carboxylic acids is 1. The zero-order valence-corrected chi connectivity index (χ0v) is 18.8. The van der Waals surface area contributed by atoms with Crippen molar-refractivity contribution in [3.05, 3.63) is 113 Å². The van der Waals surface area contributed by atoms with Crippen molar-refractivity contribution >= 4 is 50.2 Å². The van der Waals surface area contributed by atoms with Gasteiger partial charge >= 0.3 is 0 Å². The smallest absolute Gasteiger partial charge is 0.229 e. The lowest BCUT2D eigenvalue weighted by Gasteiger charge is -2.22. The Morgan fingerprint density at radius 2 is 1.56 bits per heavy atom. The summed E-state index contributed by atoms with van der Waals surface area (Å²) in [4.78, 5) is 13.6. The molecule has 7 rings (SSSR count). The van der Waals surface area contributed by atoms with E-state index in [4.69, 9.17) is 0 Å². The summed E-state index contributed by atoms with van der Waals surface area (Å²) in [5, 5.41) is 15.8. The predicted molar refractivity (Wildman–Crippen MR) is 135 cm³/mol. The third-order valence-corrected chi connectivity index (χ3v) is 7.14. The van der Waals surface area contributed by atoms with E-state index in [1.54, 1.807) is 0 Å². The fraction of sp³-hybridized carbons (Fsp3) is 0.0667. The van der Waals surface area contributed by atoms with Crippen molar-refractivity contribution < 1.29 is 14.5 Å². The van der Waals surface area contributed by atoms with Crippen LogP contribution in [0.25, 0.3) is 44.4 Å². The number of rotatable bonds is 1. The van der Waals surface area contributed by atoms with E-state index in [1.807, 2.05) is 71.6 Å². The number of pyridine rings is 2. The maximum atomic E-state index is 13.6. The van der Waals surface area contributed by atoms with E-state index in [1.165, 1.54) is 0 Å². The molecular formula is C30H21N2O2+. The van der Waals surface area contributed by atoms with Crippen molar-refractivity contribution in [1.82, 2.24) is 4.40 Å². The number of hydrogen-bond acceptors (Lipinski definition) is 2. The highest BCUT2D eigenvalue weighted by Crippen LogP contribution is 2.43. The van der Waals surface area contributed by atoms with E-state index in [0.29, 0.717) is 11.1 Å². The quantitative estimate of drug-likeness (QED) is 0.255. The molecule has 0 saturated carbocycles. The summed E-state index contributed by atoms with van der Waals surface area (Å²) in [5.41, 5.74) is 6.29. The largest absolute Gasteiger partial charge is 0.506 e. The number of benzene rings is 2. The summed E-state index contributed by atoms with van der Waals surface area (Å²) in [6.07, 6.45) is 6.05. The van der Waals surface area contributed by atoms with E-state index in [9.17, 15) is 9.90 Å². The molecule has 2 aliphatic rings. The average Bonchev–Trinajstić information content (AvgIpc) is 3.36. The van der Waals surface area contributed by atoms with Gasteiger partial charge in [0.1, 0.15) is 11.3 Å². The molecule has 0 amide bonds. The van der Waals surface area contributed by atoms with Crippen LogP contribution in [-0.4, -0.2) is 15.3 Å². The molecule has 1 N–H and O–H groups in total. The normalized spacial score (nSPS) is 17.6. The molecule has 3 aromatic heterocycles. The molecule has 5 aromatic rings. The molecule has 4 heterocycles. The predicted octanol–water partition coefficient (Wildman–Crippen LogP) is 6.02. The molecule has 0 atom stereocenters. The molecule has 1 aliphatic heterocycles. The minimum Gasteiger partial charge on any atom is -0.506 e. The molecule has 34 heavy (non-hydrogen) atoms. The van der Waals surface area contributed by atoms with Crippen LogP contribution in [0.5, 0.6) is 0 Å². The molecule has 0 unspecified atom stereocenters. The number of aliphatic hydroxyl groups excluding tert-OH is 1. The molecule has 2 aromatic carbocycles. The summed E-state index contributed by atoms with van der Waals surface area (Å²) < 4.78 is 4.04. The van der Waals surface area contributed by atoms with E-state index in [-0.39, 0.29) is 11.5 Å². The molecule has 4 nitrogen and oxygen atoms in total. The first-order chi connectivity index (χ1) is 16.5. The van der Waals surface area contributed by atoms with Crippen LogP contribution in [-0.2, 0) is 4.79 Å². The maximum absolute atomic E-state index is 13.6. The van der Waals surface area contributed by atoms with Crippen molar-refractivity contribution in [1.29, 1.82) is 0 Å². The van der Waals surface area contributed by atoms with Gasteiger partial charge in [0.25, 0.3) is 0 Å². The molecular weight excluding hydrogens is 420 g/mol. The van der Waals surface area contributed by atoms with Crippen molar-refractivity contribution in [3.8, 4) is 0 Å². The van der Waals surface area contributed by atoms with Crippen molar-refractivity contribution in [2.45, 2.75) is 13.8 Å². The number of fused-ring (bicyclic) bond motifs is 6. The first-order valence-electron chi connectivity index (χ1n) is 11.4. The van der Waals surface area contributed by atoms with Gasteiger partial charge < -0.3 is 9.51 Å². The first-order valence-corrected chi connectivity index (χ1v) is 11.4. The average molecular weight is 442 g/mol. The molecule has 0 saturated heterocycles. The van der Waals surface area contributed by atoms with E-state index in [0.717, 1.165) is 55.3 Å². The van der Waals surface area contributed by atoms with Crippen molar-refractivity contribution in [2.75, 3.05) is 0 Å². The fourth-order valence-electron chi connectivity index (χ4n) is 5.57. The molecule has 162 valence electrons. The number of Topliss-reactive ketones (excluding diaryl/α,β-unsaturated/α-hetero) is 1. The topological polar surface area (TPSA) is 45.6 Å². The Labute approximate surface area is 196 Å². The van der Waals surface area contributed by atoms with Gasteiger partial charge in [-0.15, -0.1) is 0 Å². The van der Waals surface area contributed by atoms with Gasteiger partial charge in [-0.2, -0.15) is 4.57 Å². The molecule has 0 fully saturated rings. The zero-order chi connectivity index (χ0) is 23.1. The van der Waals surface area contributed by atoms with Crippen LogP contribution in [0.15, 0.2) is 96.0 Å².